The predicted octanol–water partition coefficient (Wildman–Crippen LogP) is 3.43. The van der Waals surface area contributed by atoms with Gasteiger partial charge in [-0.2, -0.15) is 0 Å². The number of aromatic nitrogens is 1. The van der Waals surface area contributed by atoms with Gasteiger partial charge < -0.3 is 4.74 Å². The normalized spacial score (nSPS) is 16.2. The lowest BCUT2D eigenvalue weighted by Crippen LogP contribution is -2.17. The zero-order chi connectivity index (χ0) is 14.0. The Labute approximate surface area is 115 Å². The second-order valence-corrected chi connectivity index (χ2v) is 5.84. The van der Waals surface area contributed by atoms with E-state index in [0.717, 1.165) is 31.4 Å². The van der Waals surface area contributed by atoms with Gasteiger partial charge in [0.2, 0.25) is 0 Å². The van der Waals surface area contributed by atoms with Gasteiger partial charge in [-0.25, -0.2) is 4.79 Å². The van der Waals surface area contributed by atoms with E-state index in [0.29, 0.717) is 12.2 Å². The minimum Gasteiger partial charge on any atom is -0.462 e. The maximum absolute atomic E-state index is 12.0. The summed E-state index contributed by atoms with van der Waals surface area (Å²) in [5.41, 5.74) is 4.08. The third kappa shape index (κ3) is 2.65. The van der Waals surface area contributed by atoms with E-state index in [-0.39, 0.29) is 11.4 Å². The van der Waals surface area contributed by atoms with Crippen LogP contribution in [0.3, 0.4) is 0 Å². The molecule has 1 heterocycles. The van der Waals surface area contributed by atoms with Crippen LogP contribution >= 0.6 is 0 Å². The van der Waals surface area contributed by atoms with Crippen molar-refractivity contribution in [1.82, 2.24) is 4.98 Å². The third-order valence-electron chi connectivity index (χ3n) is 3.82. The van der Waals surface area contributed by atoms with Crippen LogP contribution in [0, 0.1) is 0 Å². The molecule has 0 spiro atoms. The molecule has 3 heteroatoms. The van der Waals surface area contributed by atoms with Gasteiger partial charge in [0.1, 0.15) is 0 Å². The highest BCUT2D eigenvalue weighted by Gasteiger charge is 2.33. The molecular formula is C16H23NO2. The average molecular weight is 261 g/mol. The first kappa shape index (κ1) is 14.0. The first-order valence-corrected chi connectivity index (χ1v) is 7.20. The number of hydrogen-bond acceptors (Lipinski definition) is 3. The molecule has 3 nitrogen and oxygen atoms in total. The Hall–Kier alpha value is -1.38. The average Bonchev–Trinajstić information content (AvgIpc) is 2.65. The fourth-order valence-electron chi connectivity index (χ4n) is 2.75. The maximum atomic E-state index is 12.0. The highest BCUT2D eigenvalue weighted by atomic mass is 16.5. The van der Waals surface area contributed by atoms with Crippen molar-refractivity contribution >= 4 is 5.97 Å². The molecule has 0 radical (unpaired) electrons. The Balaban J connectivity index is 2.47. The molecule has 1 aliphatic carbocycles. The van der Waals surface area contributed by atoms with Crippen LogP contribution in [0.15, 0.2) is 6.07 Å². The van der Waals surface area contributed by atoms with E-state index in [1.807, 2.05) is 13.0 Å². The number of fused-ring (bicyclic) bond motifs is 1. The van der Waals surface area contributed by atoms with Gasteiger partial charge in [-0.15, -0.1) is 0 Å². The zero-order valence-electron chi connectivity index (χ0n) is 12.4. The Bertz CT molecular complexity index is 492. The number of carbonyl (C=O) groups excluding carboxylic acids is 1. The highest BCUT2D eigenvalue weighted by molar-refractivity contribution is 5.91. The monoisotopic (exact) mass is 261 g/mol. The summed E-state index contributed by atoms with van der Waals surface area (Å²) in [6, 6.07) is 2.01. The number of carbonyl (C=O) groups is 1. The van der Waals surface area contributed by atoms with Gasteiger partial charge in [0, 0.05) is 11.1 Å². The zero-order valence-corrected chi connectivity index (χ0v) is 12.4. The van der Waals surface area contributed by atoms with E-state index in [9.17, 15) is 4.79 Å². The maximum Gasteiger partial charge on any atom is 0.339 e. The van der Waals surface area contributed by atoms with Crippen LogP contribution in [0.2, 0.25) is 0 Å². The summed E-state index contributed by atoms with van der Waals surface area (Å²) in [5, 5.41) is 0. The van der Waals surface area contributed by atoms with Crippen LogP contribution in [0.4, 0.5) is 0 Å². The van der Waals surface area contributed by atoms with Crippen LogP contribution < -0.4 is 0 Å². The molecule has 0 aliphatic heterocycles. The highest BCUT2D eigenvalue weighted by Crippen LogP contribution is 2.37. The summed E-state index contributed by atoms with van der Waals surface area (Å²) in [4.78, 5) is 16.8. The van der Waals surface area contributed by atoms with Gasteiger partial charge in [-0.1, -0.05) is 27.2 Å². The van der Waals surface area contributed by atoms with Crippen LogP contribution in [0.1, 0.15) is 67.8 Å². The summed E-state index contributed by atoms with van der Waals surface area (Å²) in [6.07, 6.45) is 3.93. The SMILES string of the molecule is CCCc1nc2c(cc1C(=O)OCC)CCC2(C)C. The van der Waals surface area contributed by atoms with Crippen LogP contribution in [0.25, 0.3) is 0 Å². The van der Waals surface area contributed by atoms with E-state index in [2.05, 4.69) is 20.8 Å². The predicted molar refractivity (Wildman–Crippen MR) is 75.5 cm³/mol. The molecule has 0 amide bonds. The number of pyridine rings is 1. The van der Waals surface area contributed by atoms with Gasteiger partial charge in [-0.3, -0.25) is 4.98 Å². The largest absolute Gasteiger partial charge is 0.462 e. The number of esters is 1. The summed E-state index contributed by atoms with van der Waals surface area (Å²) in [5.74, 6) is -0.231. The fourth-order valence-corrected chi connectivity index (χ4v) is 2.75. The summed E-state index contributed by atoms with van der Waals surface area (Å²) in [6.45, 7) is 8.81. The molecule has 1 aromatic heterocycles. The van der Waals surface area contributed by atoms with E-state index in [1.54, 1.807) is 0 Å². The van der Waals surface area contributed by atoms with E-state index in [1.165, 1.54) is 11.3 Å². The van der Waals surface area contributed by atoms with Crippen molar-refractivity contribution in [3.05, 3.63) is 28.6 Å². The molecule has 0 aromatic carbocycles. The molecule has 0 saturated carbocycles. The van der Waals surface area contributed by atoms with Gasteiger partial charge >= 0.3 is 5.97 Å². The Morgan fingerprint density at radius 2 is 2.16 bits per heavy atom. The lowest BCUT2D eigenvalue weighted by atomic mass is 9.90. The molecule has 0 saturated heterocycles. The number of nitrogens with zero attached hydrogens (tertiary/aromatic N) is 1. The molecule has 19 heavy (non-hydrogen) atoms. The topological polar surface area (TPSA) is 39.2 Å². The van der Waals surface area contributed by atoms with E-state index >= 15 is 0 Å². The Kier molecular flexibility index (Phi) is 3.93. The molecule has 0 unspecified atom stereocenters. The molecule has 0 fully saturated rings. The van der Waals surface area contributed by atoms with Crippen LogP contribution in [-0.2, 0) is 23.0 Å². The summed E-state index contributed by atoms with van der Waals surface area (Å²) >= 11 is 0. The van der Waals surface area contributed by atoms with Gasteiger partial charge in [-0.05, 0) is 37.8 Å². The van der Waals surface area contributed by atoms with Crippen LogP contribution in [0.5, 0.6) is 0 Å². The van der Waals surface area contributed by atoms with Gasteiger partial charge in [0.15, 0.2) is 0 Å². The quantitative estimate of drug-likeness (QED) is 0.779. The minimum absolute atomic E-state index is 0.130. The third-order valence-corrected chi connectivity index (χ3v) is 3.82. The Morgan fingerprint density at radius 3 is 2.79 bits per heavy atom. The van der Waals surface area contributed by atoms with Gasteiger partial charge in [0.05, 0.1) is 17.9 Å². The first-order valence-electron chi connectivity index (χ1n) is 7.20. The lowest BCUT2D eigenvalue weighted by Gasteiger charge is -2.19. The molecular weight excluding hydrogens is 238 g/mol. The second-order valence-electron chi connectivity index (χ2n) is 5.84. The van der Waals surface area contributed by atoms with Crippen molar-refractivity contribution in [2.75, 3.05) is 6.61 Å². The van der Waals surface area contributed by atoms with Crippen molar-refractivity contribution in [2.45, 2.75) is 58.8 Å². The van der Waals surface area contributed by atoms with Gasteiger partial charge in [0.25, 0.3) is 0 Å². The number of rotatable bonds is 4. The number of aryl methyl sites for hydroxylation is 2. The number of ether oxygens (including phenoxy) is 1. The molecule has 0 atom stereocenters. The Morgan fingerprint density at radius 1 is 1.42 bits per heavy atom. The minimum atomic E-state index is -0.231. The summed E-state index contributed by atoms with van der Waals surface area (Å²) in [7, 11) is 0. The molecule has 104 valence electrons. The van der Waals surface area contributed by atoms with Crippen molar-refractivity contribution in [1.29, 1.82) is 0 Å². The molecule has 2 rings (SSSR count). The van der Waals surface area contributed by atoms with Crippen LogP contribution in [-0.4, -0.2) is 17.6 Å². The van der Waals surface area contributed by atoms with Crippen molar-refractivity contribution in [3.63, 3.8) is 0 Å². The summed E-state index contributed by atoms with van der Waals surface area (Å²) < 4.78 is 5.15. The molecule has 0 bridgehead atoms. The standard InChI is InChI=1S/C16H23NO2/c1-5-7-13-12(15(18)19-6-2)10-11-8-9-16(3,4)14(11)17-13/h10H,5-9H2,1-4H3. The fraction of sp³-hybridized carbons (Fsp3) is 0.625. The molecule has 0 N–H and O–H groups in total. The second kappa shape index (κ2) is 5.32. The van der Waals surface area contributed by atoms with Crippen molar-refractivity contribution < 1.29 is 9.53 Å². The molecule has 1 aliphatic rings. The smallest absolute Gasteiger partial charge is 0.339 e. The molecule has 1 aromatic rings. The first-order chi connectivity index (χ1) is 8.99. The van der Waals surface area contributed by atoms with E-state index < -0.39 is 0 Å². The van der Waals surface area contributed by atoms with E-state index in [4.69, 9.17) is 9.72 Å². The van der Waals surface area contributed by atoms with Crippen molar-refractivity contribution in [2.24, 2.45) is 0 Å². The number of hydrogen-bond donors (Lipinski definition) is 0. The van der Waals surface area contributed by atoms with Crippen molar-refractivity contribution in [3.8, 4) is 0 Å². The lowest BCUT2D eigenvalue weighted by molar-refractivity contribution is 0.0524.